The number of halogens is 2. The van der Waals surface area contributed by atoms with Crippen molar-refractivity contribution >= 4 is 78.6 Å². The quantitative estimate of drug-likeness (QED) is 0.0432. The van der Waals surface area contributed by atoms with E-state index in [1.807, 2.05) is 177 Å². The Bertz CT molecular complexity index is 2500. The van der Waals surface area contributed by atoms with Crippen molar-refractivity contribution in [2.75, 3.05) is 39.4 Å². The molecule has 14 heteroatoms. The van der Waals surface area contributed by atoms with Gasteiger partial charge in [-0.25, -0.2) is 9.59 Å². The highest BCUT2D eigenvalue weighted by molar-refractivity contribution is 9.10. The predicted molar refractivity (Wildman–Crippen MR) is 287 cm³/mol. The van der Waals surface area contributed by atoms with Crippen molar-refractivity contribution in [3.63, 3.8) is 0 Å². The highest BCUT2D eigenvalue weighted by atomic mass is 79.9. The summed E-state index contributed by atoms with van der Waals surface area (Å²) >= 11 is 10.3. The van der Waals surface area contributed by atoms with Crippen LogP contribution in [-0.2, 0) is 41.4 Å². The molecular formula is C56H54Br2N4O6S2. The number of nitrogens with zero attached hydrogens (tertiary/aromatic N) is 4. The van der Waals surface area contributed by atoms with Gasteiger partial charge in [-0.15, -0.1) is 22.7 Å². The number of ether oxygens (including phenoxy) is 4. The summed E-state index contributed by atoms with van der Waals surface area (Å²) in [5, 5.41) is 4.07. The van der Waals surface area contributed by atoms with Crippen molar-refractivity contribution in [1.82, 2.24) is 19.6 Å². The molecule has 8 rings (SSSR count). The summed E-state index contributed by atoms with van der Waals surface area (Å²) in [6.45, 7) is 2.77. The third-order valence-electron chi connectivity index (χ3n) is 11.4. The number of esters is 2. The highest BCUT2D eigenvalue weighted by Gasteiger charge is 2.33. The van der Waals surface area contributed by atoms with Gasteiger partial charge in [0.25, 0.3) is 12.7 Å². The van der Waals surface area contributed by atoms with Crippen LogP contribution in [0.3, 0.4) is 0 Å². The molecule has 0 N–H and O–H groups in total. The van der Waals surface area contributed by atoms with Crippen LogP contribution in [0.1, 0.15) is 44.2 Å². The Morgan fingerprint density at radius 2 is 0.914 bits per heavy atom. The zero-order valence-electron chi connectivity index (χ0n) is 38.4. The molecule has 0 radical (unpaired) electrons. The lowest BCUT2D eigenvalue weighted by atomic mass is 10.2. The van der Waals surface area contributed by atoms with Gasteiger partial charge in [0.1, 0.15) is 12.2 Å². The number of benzene rings is 4. The van der Waals surface area contributed by atoms with Gasteiger partial charge >= 0.3 is 11.9 Å². The van der Waals surface area contributed by atoms with E-state index in [0.717, 1.165) is 54.8 Å². The maximum absolute atomic E-state index is 13.8. The van der Waals surface area contributed by atoms with Crippen molar-refractivity contribution in [1.29, 1.82) is 0 Å². The Kier molecular flexibility index (Phi) is 18.9. The van der Waals surface area contributed by atoms with Gasteiger partial charge in [-0.05, 0) is 82.3 Å². The van der Waals surface area contributed by atoms with Crippen LogP contribution in [0.2, 0.25) is 0 Å². The second-order valence-corrected chi connectivity index (χ2v) is 20.2. The zero-order valence-corrected chi connectivity index (χ0v) is 43.2. The van der Waals surface area contributed by atoms with E-state index in [1.54, 1.807) is 22.7 Å². The lowest BCUT2D eigenvalue weighted by molar-refractivity contribution is -0.166. The van der Waals surface area contributed by atoms with Gasteiger partial charge in [-0.3, -0.25) is 0 Å². The number of rotatable bonds is 24. The number of hydrogen-bond acceptors (Lipinski definition) is 12. The monoisotopic (exact) mass is 1100 g/mol. The molecule has 2 aliphatic rings. The fourth-order valence-corrected chi connectivity index (χ4v) is 9.85. The van der Waals surface area contributed by atoms with Gasteiger partial charge in [0, 0.05) is 68.7 Å². The Hall–Kier alpha value is -6.00. The fraction of sp³-hybridized carbons (Fsp3) is 0.214. The molecule has 10 nitrogen and oxygen atoms in total. The Labute approximate surface area is 435 Å². The van der Waals surface area contributed by atoms with Crippen molar-refractivity contribution < 1.29 is 28.5 Å². The van der Waals surface area contributed by atoms with Crippen molar-refractivity contribution in [2.45, 2.75) is 37.8 Å². The largest absolute Gasteiger partial charge is 0.419 e. The zero-order chi connectivity index (χ0) is 48.3. The number of hydrogen-bond donors (Lipinski definition) is 0. The first-order chi connectivity index (χ1) is 34.3. The smallest absolute Gasteiger partial charge is 0.334 e. The van der Waals surface area contributed by atoms with Crippen LogP contribution in [0.15, 0.2) is 202 Å². The minimum absolute atomic E-state index is 0.289. The lowest BCUT2D eigenvalue weighted by Gasteiger charge is -2.33. The average molecular weight is 1100 g/mol. The van der Waals surface area contributed by atoms with Crippen molar-refractivity contribution in [3.05, 3.63) is 234 Å². The number of thiophene rings is 2. The van der Waals surface area contributed by atoms with E-state index in [0.29, 0.717) is 39.4 Å². The van der Waals surface area contributed by atoms with Crippen LogP contribution < -0.4 is 0 Å². The number of carbonyl (C=O) groups excluding carboxylic acids is 2. The normalized spacial score (nSPS) is 16.6. The summed E-state index contributed by atoms with van der Waals surface area (Å²) < 4.78 is 27.4. The summed E-state index contributed by atoms with van der Waals surface area (Å²) in [5.41, 5.74) is 4.46. The van der Waals surface area contributed by atoms with E-state index in [4.69, 9.17) is 18.9 Å². The SMILES string of the molecule is O=C(/C=C/C(=O)OC1N(C/C=C/c2ccc(Br)cc2)C=CN1CC(OCCc1ccccc1)c1cccs1)OC1N(C/C=C/c2ccc(Br)cc2)C=CN1CC(OCCc1ccccc1)c1cccs1. The molecule has 0 bridgehead atoms. The van der Waals surface area contributed by atoms with E-state index >= 15 is 0 Å². The van der Waals surface area contributed by atoms with Crippen molar-refractivity contribution in [3.8, 4) is 0 Å². The molecule has 4 unspecified atom stereocenters. The summed E-state index contributed by atoms with van der Waals surface area (Å²) in [4.78, 5) is 37.5. The first-order valence-corrected chi connectivity index (χ1v) is 26.4. The van der Waals surface area contributed by atoms with Gasteiger partial charge < -0.3 is 38.5 Å². The molecule has 4 atom stereocenters. The van der Waals surface area contributed by atoms with Gasteiger partial charge in [0.2, 0.25) is 0 Å². The first kappa shape index (κ1) is 50.4. The van der Waals surface area contributed by atoms with Crippen LogP contribution >= 0.6 is 54.5 Å². The molecule has 0 amide bonds. The molecule has 0 saturated heterocycles. The van der Waals surface area contributed by atoms with Gasteiger partial charge in [-0.1, -0.05) is 153 Å². The maximum Gasteiger partial charge on any atom is 0.334 e. The minimum Gasteiger partial charge on any atom is -0.419 e. The molecule has 4 heterocycles. The molecule has 360 valence electrons. The lowest BCUT2D eigenvalue weighted by Crippen LogP contribution is -2.44. The predicted octanol–water partition coefficient (Wildman–Crippen LogP) is 12.4. The third-order valence-corrected chi connectivity index (χ3v) is 14.4. The van der Waals surface area contributed by atoms with Gasteiger partial charge in [0.05, 0.1) is 26.3 Å². The average Bonchev–Trinajstić information content (AvgIpc) is 4.23. The highest BCUT2D eigenvalue weighted by Crippen LogP contribution is 2.30. The van der Waals surface area contributed by atoms with Crippen LogP contribution in [0.25, 0.3) is 12.2 Å². The maximum atomic E-state index is 13.8. The molecule has 2 aromatic heterocycles. The molecule has 0 spiro atoms. The molecule has 6 aromatic rings. The molecule has 4 aromatic carbocycles. The van der Waals surface area contributed by atoms with Crippen LogP contribution in [-0.4, -0.2) is 83.6 Å². The van der Waals surface area contributed by atoms with E-state index in [9.17, 15) is 9.59 Å². The summed E-state index contributed by atoms with van der Waals surface area (Å²) in [5.74, 6) is -1.40. The van der Waals surface area contributed by atoms with Crippen LogP contribution in [0.5, 0.6) is 0 Å². The van der Waals surface area contributed by atoms with E-state index < -0.39 is 24.6 Å². The van der Waals surface area contributed by atoms with Crippen LogP contribution in [0, 0.1) is 0 Å². The van der Waals surface area contributed by atoms with Gasteiger partial charge in [-0.2, -0.15) is 0 Å². The second-order valence-electron chi connectivity index (χ2n) is 16.4. The second kappa shape index (κ2) is 26.3. The van der Waals surface area contributed by atoms with E-state index in [2.05, 4.69) is 68.3 Å². The van der Waals surface area contributed by atoms with E-state index in [1.165, 1.54) is 11.1 Å². The fourth-order valence-electron chi connectivity index (χ4n) is 7.79. The summed E-state index contributed by atoms with van der Waals surface area (Å²) in [7, 11) is 0. The van der Waals surface area contributed by atoms with Crippen LogP contribution in [0.4, 0.5) is 0 Å². The number of carbonyl (C=O) groups is 2. The van der Waals surface area contributed by atoms with Crippen molar-refractivity contribution in [2.24, 2.45) is 0 Å². The summed E-state index contributed by atoms with van der Waals surface area (Å²) in [6.07, 6.45) is 17.3. The Morgan fingerprint density at radius 3 is 1.30 bits per heavy atom. The van der Waals surface area contributed by atoms with E-state index in [-0.39, 0.29) is 12.2 Å². The molecule has 70 heavy (non-hydrogen) atoms. The molecule has 0 saturated carbocycles. The summed E-state index contributed by atoms with van der Waals surface area (Å²) in [6, 6.07) is 44.7. The standard InChI is InChI=1S/C56H54Br2N4O6S2/c57-47-23-19-45(20-24-47)15-7-31-59-33-35-61(41-49(51-17-9-39-69-51)65-37-29-43-11-3-1-4-12-43)55(59)67-53(63)27-28-54(64)68-56-60(32-8-16-46-21-25-48(58)26-22-46)34-36-62(56)42-50(52-18-10-40-70-52)66-38-30-44-13-5-2-6-14-44/h1-28,33-36,39-40,49-50,55-56H,29-32,37-38,41-42H2/b15-7+,16-8+,28-27+. The Morgan fingerprint density at radius 1 is 0.514 bits per heavy atom. The molecule has 0 aliphatic carbocycles. The minimum atomic E-state index is -0.818. The Balaban J connectivity index is 0.953. The molecule has 2 aliphatic heterocycles. The molecular weight excluding hydrogens is 1050 g/mol. The molecule has 0 fully saturated rings. The third kappa shape index (κ3) is 15.2. The van der Waals surface area contributed by atoms with Gasteiger partial charge in [0.15, 0.2) is 0 Å². The first-order valence-electron chi connectivity index (χ1n) is 23.0. The topological polar surface area (TPSA) is 84.0 Å².